The average Bonchev–Trinajstić information content (AvgIpc) is 2.95. The normalized spacial score (nSPS) is 13.8. The molecule has 214 valence electrons. The molecule has 0 saturated carbocycles. The van der Waals surface area contributed by atoms with Gasteiger partial charge in [0.15, 0.2) is 5.82 Å². The fraction of sp³-hybridized carbons (Fsp3) is 0.423. The number of aliphatic carboxylic acids is 1. The molecular formula is C26H32N6O8. The van der Waals surface area contributed by atoms with Crippen LogP contribution in [0.4, 0.5) is 10.6 Å². The van der Waals surface area contributed by atoms with E-state index in [1.54, 1.807) is 37.3 Å². The molecule has 2 aromatic rings. The largest absolute Gasteiger partial charge is 0.481 e. The second-order valence-electron chi connectivity index (χ2n) is 8.78. The molecule has 1 aromatic heterocycles. The predicted octanol–water partition coefficient (Wildman–Crippen LogP) is 0.992. The van der Waals surface area contributed by atoms with Gasteiger partial charge in [-0.05, 0) is 13.3 Å². The monoisotopic (exact) mass is 556 g/mol. The van der Waals surface area contributed by atoms with E-state index >= 15 is 0 Å². The van der Waals surface area contributed by atoms with Crippen LogP contribution in [0.1, 0.15) is 30.3 Å². The number of carbonyl (C=O) groups excluding carboxylic acids is 4. The highest BCUT2D eigenvalue weighted by atomic mass is 16.6. The van der Waals surface area contributed by atoms with Gasteiger partial charge in [0.2, 0.25) is 5.91 Å². The number of rotatable bonds is 11. The fourth-order valence-corrected chi connectivity index (χ4v) is 3.96. The van der Waals surface area contributed by atoms with Crippen LogP contribution in [0.25, 0.3) is 11.4 Å². The summed E-state index contributed by atoms with van der Waals surface area (Å²) in [6.45, 7) is 2.55. The lowest BCUT2D eigenvalue weighted by atomic mass is 10.1. The molecule has 3 N–H and O–H groups in total. The molecule has 4 amide bonds. The standard InChI is InChI=1S/C26H32N6O8/c1-3-40-26(38)32-13-11-31(12-14-32)25(37)18(9-10-22(34)35)28-24(36)19-15-20(29-21(33)16-39-2)30-23(27-19)17-7-5-4-6-8-17/h4-8,15,18H,3,9-14,16H2,1-2H3,(H,28,36)(H,34,35)(H,27,29,30,33)/t18-/m0/s1. The molecule has 14 heteroatoms. The minimum atomic E-state index is -1.17. The first-order valence-electron chi connectivity index (χ1n) is 12.7. The number of hydrogen-bond donors (Lipinski definition) is 3. The van der Waals surface area contributed by atoms with Crippen molar-refractivity contribution in [1.29, 1.82) is 0 Å². The SMILES string of the molecule is CCOC(=O)N1CCN(C(=O)[C@H](CCC(=O)O)NC(=O)c2cc(NC(=O)COC)nc(-c3ccccc3)n2)CC1. The number of carbonyl (C=O) groups is 5. The highest BCUT2D eigenvalue weighted by Crippen LogP contribution is 2.18. The Morgan fingerprint density at radius 2 is 1.70 bits per heavy atom. The summed E-state index contributed by atoms with van der Waals surface area (Å²) in [7, 11) is 1.36. The van der Waals surface area contributed by atoms with Crippen molar-refractivity contribution in [2.24, 2.45) is 0 Å². The highest BCUT2D eigenvalue weighted by Gasteiger charge is 2.31. The van der Waals surface area contributed by atoms with Gasteiger partial charge in [-0.3, -0.25) is 19.2 Å². The fourth-order valence-electron chi connectivity index (χ4n) is 3.96. The van der Waals surface area contributed by atoms with E-state index in [-0.39, 0.29) is 69.6 Å². The minimum absolute atomic E-state index is 0.0459. The molecule has 1 fully saturated rings. The van der Waals surface area contributed by atoms with Gasteiger partial charge in [0.1, 0.15) is 24.2 Å². The molecule has 1 aromatic carbocycles. The van der Waals surface area contributed by atoms with E-state index < -0.39 is 35.8 Å². The van der Waals surface area contributed by atoms with Crippen molar-refractivity contribution in [3.63, 3.8) is 0 Å². The number of aromatic nitrogens is 2. The summed E-state index contributed by atoms with van der Waals surface area (Å²) < 4.78 is 9.83. The summed E-state index contributed by atoms with van der Waals surface area (Å²) in [6.07, 6.45) is -1.00. The molecule has 40 heavy (non-hydrogen) atoms. The van der Waals surface area contributed by atoms with Gasteiger partial charge in [-0.1, -0.05) is 30.3 Å². The molecule has 0 aliphatic carbocycles. The quantitative estimate of drug-likeness (QED) is 0.361. The summed E-state index contributed by atoms with van der Waals surface area (Å²) in [5.41, 5.74) is 0.444. The number of carboxylic acid groups (broad SMARTS) is 1. The van der Waals surface area contributed by atoms with Crippen molar-refractivity contribution in [2.45, 2.75) is 25.8 Å². The first-order chi connectivity index (χ1) is 19.2. The van der Waals surface area contributed by atoms with Gasteiger partial charge in [-0.25, -0.2) is 14.8 Å². The summed E-state index contributed by atoms with van der Waals surface area (Å²) in [4.78, 5) is 73.6. The Morgan fingerprint density at radius 1 is 1.02 bits per heavy atom. The van der Waals surface area contributed by atoms with Crippen LogP contribution < -0.4 is 10.6 Å². The molecule has 0 unspecified atom stereocenters. The van der Waals surface area contributed by atoms with E-state index in [1.165, 1.54) is 23.0 Å². The lowest BCUT2D eigenvalue weighted by Crippen LogP contribution is -2.56. The molecule has 14 nitrogen and oxygen atoms in total. The lowest BCUT2D eigenvalue weighted by Gasteiger charge is -2.35. The number of piperazine rings is 1. The van der Waals surface area contributed by atoms with Crippen LogP contribution in [0.3, 0.4) is 0 Å². The van der Waals surface area contributed by atoms with Crippen LogP contribution in [-0.2, 0) is 23.9 Å². The molecule has 1 aliphatic heterocycles. The third-order valence-electron chi connectivity index (χ3n) is 5.90. The molecule has 3 rings (SSSR count). The topological polar surface area (TPSA) is 180 Å². The number of hydrogen-bond acceptors (Lipinski definition) is 9. The zero-order valence-corrected chi connectivity index (χ0v) is 22.3. The first-order valence-corrected chi connectivity index (χ1v) is 12.7. The number of methoxy groups -OCH3 is 1. The first kappa shape index (κ1) is 30.0. The lowest BCUT2D eigenvalue weighted by molar-refractivity contribution is -0.138. The van der Waals surface area contributed by atoms with Crippen molar-refractivity contribution < 1.29 is 38.6 Å². The van der Waals surface area contributed by atoms with E-state index in [2.05, 4.69) is 20.6 Å². The Balaban J connectivity index is 1.81. The molecule has 0 spiro atoms. The number of ether oxygens (including phenoxy) is 2. The number of carboxylic acids is 1. The van der Waals surface area contributed by atoms with Crippen molar-refractivity contribution in [3.05, 3.63) is 42.1 Å². The minimum Gasteiger partial charge on any atom is -0.481 e. The molecule has 0 bridgehead atoms. The number of amides is 4. The van der Waals surface area contributed by atoms with Crippen molar-refractivity contribution in [3.8, 4) is 11.4 Å². The Bertz CT molecular complexity index is 1220. The van der Waals surface area contributed by atoms with E-state index in [4.69, 9.17) is 9.47 Å². The predicted molar refractivity (Wildman–Crippen MR) is 141 cm³/mol. The molecule has 0 radical (unpaired) electrons. The third kappa shape index (κ3) is 8.46. The number of nitrogens with zero attached hydrogens (tertiary/aromatic N) is 4. The summed E-state index contributed by atoms with van der Waals surface area (Å²) in [5.74, 6) is -2.66. The maximum atomic E-state index is 13.3. The smallest absolute Gasteiger partial charge is 0.409 e. The molecule has 1 saturated heterocycles. The van der Waals surface area contributed by atoms with Crippen LogP contribution >= 0.6 is 0 Å². The summed E-state index contributed by atoms with van der Waals surface area (Å²) in [6, 6.07) is 8.87. The van der Waals surface area contributed by atoms with Gasteiger partial charge >= 0.3 is 12.1 Å². The zero-order chi connectivity index (χ0) is 29.1. The van der Waals surface area contributed by atoms with E-state index in [1.807, 2.05) is 0 Å². The van der Waals surface area contributed by atoms with E-state index in [0.717, 1.165) is 0 Å². The highest BCUT2D eigenvalue weighted by molar-refractivity contribution is 5.98. The number of nitrogens with one attached hydrogen (secondary N) is 2. The van der Waals surface area contributed by atoms with Gasteiger partial charge in [0.25, 0.3) is 11.8 Å². The van der Waals surface area contributed by atoms with Gasteiger partial charge in [0, 0.05) is 51.3 Å². The Labute approximate surface area is 230 Å². The number of benzene rings is 1. The maximum absolute atomic E-state index is 13.3. The average molecular weight is 557 g/mol. The summed E-state index contributed by atoms with van der Waals surface area (Å²) in [5, 5.41) is 14.4. The van der Waals surface area contributed by atoms with Gasteiger partial charge in [-0.15, -0.1) is 0 Å². The van der Waals surface area contributed by atoms with Crippen LogP contribution in [0, 0.1) is 0 Å². The molecular weight excluding hydrogens is 524 g/mol. The van der Waals surface area contributed by atoms with Gasteiger partial charge in [-0.2, -0.15) is 0 Å². The number of anilines is 1. The van der Waals surface area contributed by atoms with Gasteiger partial charge < -0.3 is 35.0 Å². The van der Waals surface area contributed by atoms with Crippen LogP contribution in [0.2, 0.25) is 0 Å². The van der Waals surface area contributed by atoms with Gasteiger partial charge in [0.05, 0.1) is 6.61 Å². The second-order valence-corrected chi connectivity index (χ2v) is 8.78. The Kier molecular flexibility index (Phi) is 10.9. The van der Waals surface area contributed by atoms with Crippen LogP contribution in [-0.4, -0.2) is 107 Å². The van der Waals surface area contributed by atoms with Crippen molar-refractivity contribution in [1.82, 2.24) is 25.1 Å². The maximum Gasteiger partial charge on any atom is 0.409 e. The van der Waals surface area contributed by atoms with Crippen LogP contribution in [0.15, 0.2) is 36.4 Å². The summed E-state index contributed by atoms with van der Waals surface area (Å²) >= 11 is 0. The Hall–Kier alpha value is -4.59. The molecule has 2 heterocycles. The Morgan fingerprint density at radius 3 is 2.33 bits per heavy atom. The van der Waals surface area contributed by atoms with E-state index in [0.29, 0.717) is 5.56 Å². The molecule has 1 atom stereocenters. The van der Waals surface area contributed by atoms with Crippen LogP contribution in [0.5, 0.6) is 0 Å². The molecule has 1 aliphatic rings. The second kappa shape index (κ2) is 14.5. The third-order valence-corrected chi connectivity index (χ3v) is 5.90. The van der Waals surface area contributed by atoms with E-state index in [9.17, 15) is 29.1 Å². The van der Waals surface area contributed by atoms with Crippen molar-refractivity contribution >= 4 is 35.6 Å². The zero-order valence-electron chi connectivity index (χ0n) is 22.3. The van der Waals surface area contributed by atoms with Crippen molar-refractivity contribution in [2.75, 3.05) is 51.8 Å².